The second-order valence-electron chi connectivity index (χ2n) is 5.11. The number of methoxy groups -OCH3 is 1. The second kappa shape index (κ2) is 6.72. The Kier molecular flexibility index (Phi) is 4.98. The topological polar surface area (TPSA) is 67.6 Å². The number of piperazine rings is 1. The number of ether oxygens (including phenoxy) is 1. The molecule has 110 valence electrons. The van der Waals surface area contributed by atoms with Crippen LogP contribution in [0.4, 0.5) is 0 Å². The van der Waals surface area contributed by atoms with Crippen molar-refractivity contribution in [2.45, 2.75) is 25.4 Å². The Morgan fingerprint density at radius 1 is 1.50 bits per heavy atom. The van der Waals surface area contributed by atoms with Gasteiger partial charge in [0.2, 0.25) is 5.91 Å². The average Bonchev–Trinajstić information content (AvgIpc) is 2.47. The summed E-state index contributed by atoms with van der Waals surface area (Å²) in [7, 11) is 1.65. The highest BCUT2D eigenvalue weighted by molar-refractivity contribution is 5.78. The molecule has 1 amide bonds. The van der Waals surface area contributed by atoms with E-state index in [9.17, 15) is 4.79 Å². The van der Waals surface area contributed by atoms with Crippen LogP contribution >= 0.6 is 0 Å². The predicted octanol–water partition coefficient (Wildman–Crippen LogP) is 0.905. The molecule has 0 saturated carbocycles. The van der Waals surface area contributed by atoms with E-state index >= 15 is 0 Å². The number of carbonyl (C=O) groups excluding carboxylic acids is 1. The summed E-state index contributed by atoms with van der Waals surface area (Å²) >= 11 is 0. The second-order valence-corrected chi connectivity index (χ2v) is 5.11. The van der Waals surface area contributed by atoms with Crippen LogP contribution in [0.1, 0.15) is 24.9 Å². The van der Waals surface area contributed by atoms with Gasteiger partial charge in [0, 0.05) is 19.1 Å². The first kappa shape index (κ1) is 14.8. The summed E-state index contributed by atoms with van der Waals surface area (Å²) in [6.07, 6.45) is 0.861. The fraction of sp³-hybridized carbons (Fsp3) is 0.533. The molecule has 2 unspecified atom stereocenters. The Hall–Kier alpha value is -1.59. The molecule has 2 atom stereocenters. The van der Waals surface area contributed by atoms with E-state index in [1.807, 2.05) is 18.2 Å². The van der Waals surface area contributed by atoms with Gasteiger partial charge in [0.1, 0.15) is 5.75 Å². The van der Waals surface area contributed by atoms with Gasteiger partial charge in [0.05, 0.1) is 19.7 Å². The number of rotatable bonds is 5. The summed E-state index contributed by atoms with van der Waals surface area (Å²) in [6, 6.07) is 7.98. The van der Waals surface area contributed by atoms with Gasteiger partial charge in [0.25, 0.3) is 0 Å². The van der Waals surface area contributed by atoms with Crippen LogP contribution in [0.15, 0.2) is 24.3 Å². The zero-order chi connectivity index (χ0) is 14.5. The molecule has 0 aromatic heterocycles. The van der Waals surface area contributed by atoms with E-state index in [2.05, 4.69) is 23.2 Å². The summed E-state index contributed by atoms with van der Waals surface area (Å²) < 4.78 is 5.29. The van der Waals surface area contributed by atoms with Gasteiger partial charge < -0.3 is 15.8 Å². The van der Waals surface area contributed by atoms with Crippen LogP contribution < -0.4 is 15.8 Å². The molecular formula is C15H23N3O2. The van der Waals surface area contributed by atoms with Gasteiger partial charge in [-0.15, -0.1) is 0 Å². The van der Waals surface area contributed by atoms with Crippen LogP contribution in [0.2, 0.25) is 0 Å². The van der Waals surface area contributed by atoms with Crippen molar-refractivity contribution in [3.05, 3.63) is 29.8 Å². The highest BCUT2D eigenvalue weighted by atomic mass is 16.5. The molecule has 0 aliphatic carbocycles. The van der Waals surface area contributed by atoms with Crippen molar-refractivity contribution >= 4 is 5.91 Å². The third-order valence-electron chi connectivity index (χ3n) is 3.77. The van der Waals surface area contributed by atoms with E-state index < -0.39 is 0 Å². The molecule has 1 heterocycles. The van der Waals surface area contributed by atoms with E-state index in [4.69, 9.17) is 10.5 Å². The summed E-state index contributed by atoms with van der Waals surface area (Å²) in [6.45, 7) is 3.97. The van der Waals surface area contributed by atoms with Crippen molar-refractivity contribution in [1.29, 1.82) is 0 Å². The molecule has 1 aromatic carbocycles. The van der Waals surface area contributed by atoms with Gasteiger partial charge >= 0.3 is 0 Å². The first-order valence-corrected chi connectivity index (χ1v) is 7.06. The lowest BCUT2D eigenvalue weighted by Crippen LogP contribution is -2.52. The summed E-state index contributed by atoms with van der Waals surface area (Å²) in [5, 5.41) is 2.85. The van der Waals surface area contributed by atoms with Crippen molar-refractivity contribution in [2.24, 2.45) is 5.73 Å². The number of nitrogens with one attached hydrogen (secondary N) is 1. The van der Waals surface area contributed by atoms with Crippen LogP contribution in [0.3, 0.4) is 0 Å². The van der Waals surface area contributed by atoms with E-state index in [0.717, 1.165) is 24.3 Å². The molecule has 5 heteroatoms. The van der Waals surface area contributed by atoms with E-state index in [-0.39, 0.29) is 18.0 Å². The molecule has 0 radical (unpaired) electrons. The van der Waals surface area contributed by atoms with E-state index in [0.29, 0.717) is 13.1 Å². The first-order chi connectivity index (χ1) is 9.65. The highest BCUT2D eigenvalue weighted by Crippen LogP contribution is 2.28. The third-order valence-corrected chi connectivity index (χ3v) is 3.77. The van der Waals surface area contributed by atoms with Gasteiger partial charge in [-0.1, -0.05) is 19.1 Å². The molecule has 1 fully saturated rings. The fourth-order valence-corrected chi connectivity index (χ4v) is 2.67. The van der Waals surface area contributed by atoms with Crippen LogP contribution in [-0.4, -0.2) is 43.6 Å². The summed E-state index contributed by atoms with van der Waals surface area (Å²) in [5.74, 6) is 0.879. The zero-order valence-corrected chi connectivity index (χ0v) is 12.1. The Balaban J connectivity index is 2.28. The molecule has 3 N–H and O–H groups in total. The standard InChI is InChI=1S/C15H23N3O2/c1-3-13(16)15(18-8-7-17-14(19)10-18)11-5-4-6-12(9-11)20-2/h4-6,9,13,15H,3,7-8,10,16H2,1-2H3,(H,17,19). The number of benzene rings is 1. The van der Waals surface area contributed by atoms with Crippen molar-refractivity contribution in [1.82, 2.24) is 10.2 Å². The minimum absolute atomic E-state index is 0.00648. The maximum atomic E-state index is 11.6. The van der Waals surface area contributed by atoms with Crippen LogP contribution in [-0.2, 0) is 4.79 Å². The molecule has 0 bridgehead atoms. The molecule has 20 heavy (non-hydrogen) atoms. The highest BCUT2D eigenvalue weighted by Gasteiger charge is 2.29. The van der Waals surface area contributed by atoms with E-state index in [1.165, 1.54) is 0 Å². The van der Waals surface area contributed by atoms with Gasteiger partial charge in [-0.05, 0) is 24.1 Å². The van der Waals surface area contributed by atoms with Crippen molar-refractivity contribution in [2.75, 3.05) is 26.7 Å². The van der Waals surface area contributed by atoms with Crippen LogP contribution in [0, 0.1) is 0 Å². The number of hydrogen-bond donors (Lipinski definition) is 2. The normalized spacial score (nSPS) is 19.2. The van der Waals surface area contributed by atoms with Crippen molar-refractivity contribution < 1.29 is 9.53 Å². The molecule has 1 aliphatic heterocycles. The van der Waals surface area contributed by atoms with Gasteiger partial charge in [-0.25, -0.2) is 0 Å². The van der Waals surface area contributed by atoms with Gasteiger partial charge in [0.15, 0.2) is 0 Å². The molecule has 2 rings (SSSR count). The number of nitrogens with zero attached hydrogens (tertiary/aromatic N) is 1. The SMILES string of the molecule is CCC(N)C(c1cccc(OC)c1)N1CCNC(=O)C1. The lowest BCUT2D eigenvalue weighted by atomic mass is 9.95. The molecule has 1 aliphatic rings. The van der Waals surface area contributed by atoms with Gasteiger partial charge in [-0.3, -0.25) is 9.69 Å². The third kappa shape index (κ3) is 3.29. The number of hydrogen-bond acceptors (Lipinski definition) is 4. The van der Waals surface area contributed by atoms with Crippen LogP contribution in [0.5, 0.6) is 5.75 Å². The van der Waals surface area contributed by atoms with Crippen LogP contribution in [0.25, 0.3) is 0 Å². The average molecular weight is 277 g/mol. The Morgan fingerprint density at radius 3 is 2.95 bits per heavy atom. The maximum Gasteiger partial charge on any atom is 0.234 e. The number of amides is 1. The molecule has 1 aromatic rings. The Morgan fingerprint density at radius 2 is 2.30 bits per heavy atom. The van der Waals surface area contributed by atoms with Gasteiger partial charge in [-0.2, -0.15) is 0 Å². The minimum atomic E-state index is -0.00648. The monoisotopic (exact) mass is 277 g/mol. The lowest BCUT2D eigenvalue weighted by Gasteiger charge is -2.37. The molecule has 5 nitrogen and oxygen atoms in total. The number of carbonyl (C=O) groups is 1. The Labute approximate surface area is 120 Å². The maximum absolute atomic E-state index is 11.6. The summed E-state index contributed by atoms with van der Waals surface area (Å²) in [4.78, 5) is 13.8. The van der Waals surface area contributed by atoms with Crippen molar-refractivity contribution in [3.8, 4) is 5.75 Å². The largest absolute Gasteiger partial charge is 0.497 e. The Bertz CT molecular complexity index is 464. The number of nitrogens with two attached hydrogens (primary N) is 1. The van der Waals surface area contributed by atoms with E-state index in [1.54, 1.807) is 7.11 Å². The molecule has 1 saturated heterocycles. The fourth-order valence-electron chi connectivity index (χ4n) is 2.67. The molecule has 0 spiro atoms. The minimum Gasteiger partial charge on any atom is -0.497 e. The lowest BCUT2D eigenvalue weighted by molar-refractivity contribution is -0.125. The first-order valence-electron chi connectivity index (χ1n) is 7.06. The van der Waals surface area contributed by atoms with Crippen molar-refractivity contribution in [3.63, 3.8) is 0 Å². The quantitative estimate of drug-likeness (QED) is 0.839. The predicted molar refractivity (Wildman–Crippen MR) is 78.6 cm³/mol. The summed E-state index contributed by atoms with van der Waals surface area (Å²) in [5.41, 5.74) is 7.41. The zero-order valence-electron chi connectivity index (χ0n) is 12.1. The smallest absolute Gasteiger partial charge is 0.234 e. The molecular weight excluding hydrogens is 254 g/mol.